The van der Waals surface area contributed by atoms with Crippen molar-refractivity contribution in [2.75, 3.05) is 6.54 Å². The second kappa shape index (κ2) is 5.85. The highest BCUT2D eigenvalue weighted by atomic mass is 35.5. The summed E-state index contributed by atoms with van der Waals surface area (Å²) in [5.74, 6) is 0.921. The molecule has 1 amide bonds. The van der Waals surface area contributed by atoms with Crippen molar-refractivity contribution in [1.29, 1.82) is 0 Å². The number of nitrogens with zero attached hydrogens (tertiary/aromatic N) is 1. The quantitative estimate of drug-likeness (QED) is 0.823. The van der Waals surface area contributed by atoms with Gasteiger partial charge in [0.15, 0.2) is 0 Å². The average Bonchev–Trinajstić information content (AvgIpc) is 2.26. The lowest BCUT2D eigenvalue weighted by Crippen LogP contribution is -2.30. The van der Waals surface area contributed by atoms with Crippen molar-refractivity contribution in [2.24, 2.45) is 11.8 Å². The van der Waals surface area contributed by atoms with Crippen LogP contribution in [-0.4, -0.2) is 17.4 Å². The minimum absolute atomic E-state index is 0.100. The van der Waals surface area contributed by atoms with E-state index >= 15 is 0 Å². The van der Waals surface area contributed by atoms with Crippen LogP contribution in [0.1, 0.15) is 31.1 Å². The van der Waals surface area contributed by atoms with E-state index in [2.05, 4.69) is 31.1 Å². The van der Waals surface area contributed by atoms with Gasteiger partial charge >= 0.3 is 0 Å². The number of hydrogen-bond acceptors (Lipinski definition) is 2. The molecule has 0 aliphatic rings. The van der Waals surface area contributed by atoms with Crippen LogP contribution >= 0.6 is 11.6 Å². The molecule has 88 valence electrons. The third kappa shape index (κ3) is 3.81. The van der Waals surface area contributed by atoms with Gasteiger partial charge < -0.3 is 5.32 Å². The van der Waals surface area contributed by atoms with E-state index in [-0.39, 0.29) is 5.91 Å². The number of amides is 1. The summed E-state index contributed by atoms with van der Waals surface area (Å²) in [5, 5.41) is 3.27. The van der Waals surface area contributed by atoms with Gasteiger partial charge in [-0.1, -0.05) is 32.4 Å². The van der Waals surface area contributed by atoms with Gasteiger partial charge in [-0.15, -0.1) is 0 Å². The smallest absolute Gasteiger partial charge is 0.252 e. The molecule has 0 aliphatic heterocycles. The van der Waals surface area contributed by atoms with Crippen molar-refractivity contribution < 1.29 is 4.79 Å². The third-order valence-electron chi connectivity index (χ3n) is 2.71. The number of pyridine rings is 1. The Labute approximate surface area is 101 Å². The summed E-state index contributed by atoms with van der Waals surface area (Å²) in [7, 11) is 0. The van der Waals surface area contributed by atoms with E-state index in [0.29, 0.717) is 29.1 Å². The Morgan fingerprint density at radius 3 is 2.62 bits per heavy atom. The summed E-state index contributed by atoms with van der Waals surface area (Å²) in [6.07, 6.45) is 1.48. The topological polar surface area (TPSA) is 42.0 Å². The Bertz CT molecular complexity index is 349. The van der Waals surface area contributed by atoms with Crippen LogP contribution in [-0.2, 0) is 0 Å². The maximum atomic E-state index is 11.7. The van der Waals surface area contributed by atoms with Crippen molar-refractivity contribution in [3.8, 4) is 0 Å². The molecular formula is C12H17ClN2O. The molecule has 1 rings (SSSR count). The number of halogens is 1. The number of hydrogen-bond donors (Lipinski definition) is 1. The molecule has 0 fully saturated rings. The van der Waals surface area contributed by atoms with Crippen LogP contribution in [0.4, 0.5) is 0 Å². The molecule has 0 saturated carbocycles. The van der Waals surface area contributed by atoms with Gasteiger partial charge in [0.25, 0.3) is 5.91 Å². The van der Waals surface area contributed by atoms with Gasteiger partial charge in [0.2, 0.25) is 0 Å². The Kier molecular flexibility index (Phi) is 4.74. The standard InChI is InChI=1S/C12H17ClN2O/c1-8(2)9(3)6-15-12(16)10-4-5-11(13)14-7-10/h4-5,7-9H,6H2,1-3H3,(H,15,16). The van der Waals surface area contributed by atoms with E-state index in [1.54, 1.807) is 12.1 Å². The van der Waals surface area contributed by atoms with Crippen molar-refractivity contribution >= 4 is 17.5 Å². The molecule has 0 saturated heterocycles. The molecule has 1 heterocycles. The number of rotatable bonds is 4. The Balaban J connectivity index is 2.50. The molecule has 0 radical (unpaired) electrons. The monoisotopic (exact) mass is 240 g/mol. The first-order chi connectivity index (χ1) is 7.50. The molecule has 0 bridgehead atoms. The van der Waals surface area contributed by atoms with Crippen molar-refractivity contribution in [1.82, 2.24) is 10.3 Å². The highest BCUT2D eigenvalue weighted by Gasteiger charge is 2.10. The number of carbonyl (C=O) groups is 1. The predicted molar refractivity (Wildman–Crippen MR) is 65.6 cm³/mol. The summed E-state index contributed by atoms with van der Waals surface area (Å²) < 4.78 is 0. The molecule has 1 aromatic heterocycles. The molecule has 1 aromatic rings. The molecule has 3 nitrogen and oxygen atoms in total. The highest BCUT2D eigenvalue weighted by molar-refractivity contribution is 6.29. The zero-order valence-corrected chi connectivity index (χ0v) is 10.6. The lowest BCUT2D eigenvalue weighted by molar-refractivity contribution is 0.0944. The summed E-state index contributed by atoms with van der Waals surface area (Å²) in [6.45, 7) is 7.07. The Morgan fingerprint density at radius 2 is 2.12 bits per heavy atom. The fourth-order valence-corrected chi connectivity index (χ4v) is 1.21. The molecule has 1 atom stereocenters. The van der Waals surface area contributed by atoms with E-state index in [9.17, 15) is 4.79 Å². The Morgan fingerprint density at radius 1 is 1.44 bits per heavy atom. The van der Waals surface area contributed by atoms with Gasteiger partial charge in [0, 0.05) is 12.7 Å². The second-order valence-corrected chi connectivity index (χ2v) is 4.69. The summed E-state index contributed by atoms with van der Waals surface area (Å²) in [5.41, 5.74) is 0.542. The zero-order chi connectivity index (χ0) is 12.1. The van der Waals surface area contributed by atoms with E-state index in [1.807, 2.05) is 0 Å². The molecular weight excluding hydrogens is 224 g/mol. The lowest BCUT2D eigenvalue weighted by atomic mass is 9.98. The van der Waals surface area contributed by atoms with Gasteiger partial charge in [-0.05, 0) is 24.0 Å². The van der Waals surface area contributed by atoms with E-state index in [1.165, 1.54) is 6.20 Å². The SMILES string of the molecule is CC(C)C(C)CNC(=O)c1ccc(Cl)nc1. The molecule has 0 spiro atoms. The number of carbonyl (C=O) groups excluding carboxylic acids is 1. The van der Waals surface area contributed by atoms with Crippen LogP contribution in [0.25, 0.3) is 0 Å². The van der Waals surface area contributed by atoms with E-state index in [0.717, 1.165) is 0 Å². The van der Waals surface area contributed by atoms with Crippen LogP contribution in [0, 0.1) is 11.8 Å². The minimum atomic E-state index is -0.100. The molecule has 0 aromatic carbocycles. The molecule has 4 heteroatoms. The summed E-state index contributed by atoms with van der Waals surface area (Å²) >= 11 is 5.64. The van der Waals surface area contributed by atoms with Gasteiger partial charge in [0.1, 0.15) is 5.15 Å². The predicted octanol–water partition coefficient (Wildman–Crippen LogP) is 2.76. The minimum Gasteiger partial charge on any atom is -0.352 e. The fourth-order valence-electron chi connectivity index (χ4n) is 1.10. The van der Waals surface area contributed by atoms with Crippen LogP contribution in [0.5, 0.6) is 0 Å². The highest BCUT2D eigenvalue weighted by Crippen LogP contribution is 2.09. The first-order valence-corrected chi connectivity index (χ1v) is 5.78. The molecule has 16 heavy (non-hydrogen) atoms. The first kappa shape index (κ1) is 13.0. The van der Waals surface area contributed by atoms with Crippen molar-refractivity contribution in [2.45, 2.75) is 20.8 Å². The largest absolute Gasteiger partial charge is 0.352 e. The van der Waals surface area contributed by atoms with Gasteiger partial charge in [-0.2, -0.15) is 0 Å². The van der Waals surface area contributed by atoms with E-state index in [4.69, 9.17) is 11.6 Å². The maximum Gasteiger partial charge on any atom is 0.252 e. The molecule has 1 unspecified atom stereocenters. The molecule has 1 N–H and O–H groups in total. The van der Waals surface area contributed by atoms with Gasteiger partial charge in [-0.3, -0.25) is 4.79 Å². The normalized spacial score (nSPS) is 12.6. The van der Waals surface area contributed by atoms with Gasteiger partial charge in [0.05, 0.1) is 5.56 Å². The van der Waals surface area contributed by atoms with E-state index < -0.39 is 0 Å². The fraction of sp³-hybridized carbons (Fsp3) is 0.500. The second-order valence-electron chi connectivity index (χ2n) is 4.30. The molecule has 0 aliphatic carbocycles. The van der Waals surface area contributed by atoms with Crippen LogP contribution < -0.4 is 5.32 Å². The first-order valence-electron chi connectivity index (χ1n) is 5.40. The van der Waals surface area contributed by atoms with Crippen LogP contribution in [0.15, 0.2) is 18.3 Å². The summed E-state index contributed by atoms with van der Waals surface area (Å²) in [4.78, 5) is 15.6. The average molecular weight is 241 g/mol. The summed E-state index contributed by atoms with van der Waals surface area (Å²) in [6, 6.07) is 3.28. The Hall–Kier alpha value is -1.09. The number of aromatic nitrogens is 1. The number of nitrogens with one attached hydrogen (secondary N) is 1. The maximum absolute atomic E-state index is 11.7. The van der Waals surface area contributed by atoms with Crippen molar-refractivity contribution in [3.63, 3.8) is 0 Å². The van der Waals surface area contributed by atoms with Crippen molar-refractivity contribution in [3.05, 3.63) is 29.0 Å². The van der Waals surface area contributed by atoms with Gasteiger partial charge in [-0.25, -0.2) is 4.98 Å². The van der Waals surface area contributed by atoms with Crippen LogP contribution in [0.2, 0.25) is 5.15 Å². The zero-order valence-electron chi connectivity index (χ0n) is 9.83. The van der Waals surface area contributed by atoms with Crippen LogP contribution in [0.3, 0.4) is 0 Å². The third-order valence-corrected chi connectivity index (χ3v) is 2.94. The lowest BCUT2D eigenvalue weighted by Gasteiger charge is -2.15.